The molecule has 0 radical (unpaired) electrons. The lowest BCUT2D eigenvalue weighted by molar-refractivity contribution is -0.137. The molecule has 3 rings (SSSR count). The first-order valence-corrected chi connectivity index (χ1v) is 10.8. The Balaban J connectivity index is 1.68. The van der Waals surface area contributed by atoms with Crippen LogP contribution in [0.15, 0.2) is 83.8 Å². The molecule has 3 aromatic rings. The van der Waals surface area contributed by atoms with Gasteiger partial charge in [-0.25, -0.2) is 8.42 Å². The van der Waals surface area contributed by atoms with Gasteiger partial charge in [0.15, 0.2) is 6.61 Å². The number of hydrogen-bond donors (Lipinski definition) is 1. The van der Waals surface area contributed by atoms with E-state index in [2.05, 4.69) is 5.32 Å². The van der Waals surface area contributed by atoms with Crippen LogP contribution in [0.3, 0.4) is 0 Å². The van der Waals surface area contributed by atoms with Crippen molar-refractivity contribution in [1.82, 2.24) is 0 Å². The van der Waals surface area contributed by atoms with Gasteiger partial charge < -0.3 is 10.1 Å². The average molecular weight is 464 g/mol. The van der Waals surface area contributed by atoms with Gasteiger partial charge in [-0.2, -0.15) is 13.2 Å². The molecule has 0 aromatic heterocycles. The zero-order valence-electron chi connectivity index (χ0n) is 16.8. The maximum atomic E-state index is 12.9. The van der Waals surface area contributed by atoms with Crippen molar-refractivity contribution in [2.45, 2.75) is 11.1 Å². The van der Waals surface area contributed by atoms with E-state index in [0.717, 1.165) is 16.4 Å². The molecule has 0 saturated carbocycles. The first-order valence-electron chi connectivity index (χ1n) is 9.31. The summed E-state index contributed by atoms with van der Waals surface area (Å²) in [6.45, 7) is -0.553. The molecule has 0 heterocycles. The number of benzene rings is 3. The van der Waals surface area contributed by atoms with Crippen LogP contribution >= 0.6 is 0 Å². The van der Waals surface area contributed by atoms with Crippen molar-refractivity contribution in [1.29, 1.82) is 0 Å². The van der Waals surface area contributed by atoms with E-state index in [9.17, 15) is 26.4 Å². The van der Waals surface area contributed by atoms with E-state index in [1.54, 1.807) is 30.3 Å². The lowest BCUT2D eigenvalue weighted by atomic mass is 10.2. The van der Waals surface area contributed by atoms with E-state index < -0.39 is 34.3 Å². The highest BCUT2D eigenvalue weighted by Gasteiger charge is 2.30. The number of halogens is 3. The summed E-state index contributed by atoms with van der Waals surface area (Å²) in [5.41, 5.74) is -0.225. The summed E-state index contributed by atoms with van der Waals surface area (Å²) in [6, 6.07) is 18.3. The van der Waals surface area contributed by atoms with E-state index >= 15 is 0 Å². The normalized spacial score (nSPS) is 11.6. The van der Waals surface area contributed by atoms with Gasteiger partial charge in [0.2, 0.25) is 0 Å². The fourth-order valence-electron chi connectivity index (χ4n) is 2.78. The molecule has 0 aliphatic heterocycles. The third-order valence-corrected chi connectivity index (χ3v) is 6.21. The highest BCUT2D eigenvalue weighted by Crippen LogP contribution is 2.31. The van der Waals surface area contributed by atoms with Crippen molar-refractivity contribution in [2.24, 2.45) is 0 Å². The van der Waals surface area contributed by atoms with E-state index in [-0.39, 0.29) is 16.3 Å². The Morgan fingerprint density at radius 3 is 2.34 bits per heavy atom. The molecule has 32 heavy (non-hydrogen) atoms. The number of rotatable bonds is 7. The Hall–Kier alpha value is -3.53. The zero-order valence-corrected chi connectivity index (χ0v) is 17.7. The molecule has 6 nitrogen and oxygen atoms in total. The monoisotopic (exact) mass is 464 g/mol. The molecule has 0 fully saturated rings. The van der Waals surface area contributed by atoms with Crippen LogP contribution in [-0.2, 0) is 21.0 Å². The Morgan fingerprint density at radius 1 is 0.969 bits per heavy atom. The van der Waals surface area contributed by atoms with Gasteiger partial charge in [-0.1, -0.05) is 30.3 Å². The predicted octanol–water partition coefficient (Wildman–Crippen LogP) is 4.55. The van der Waals surface area contributed by atoms with E-state index in [1.807, 2.05) is 0 Å². The first-order chi connectivity index (χ1) is 15.1. The van der Waals surface area contributed by atoms with E-state index in [4.69, 9.17) is 4.74 Å². The van der Waals surface area contributed by atoms with E-state index in [0.29, 0.717) is 5.69 Å². The Kier molecular flexibility index (Phi) is 6.73. The van der Waals surface area contributed by atoms with Crippen molar-refractivity contribution in [3.05, 3.63) is 84.4 Å². The fourth-order valence-corrected chi connectivity index (χ4v) is 4.02. The lowest BCUT2D eigenvalue weighted by Crippen LogP contribution is -2.26. The zero-order chi connectivity index (χ0) is 23.4. The minimum Gasteiger partial charge on any atom is -0.484 e. The number of nitrogens with one attached hydrogen (secondary N) is 1. The van der Waals surface area contributed by atoms with Crippen molar-refractivity contribution in [3.8, 4) is 5.75 Å². The quantitative estimate of drug-likeness (QED) is 0.557. The number of hydrogen-bond acceptors (Lipinski definition) is 4. The molecule has 0 atom stereocenters. The van der Waals surface area contributed by atoms with Crippen LogP contribution in [0, 0.1) is 0 Å². The summed E-state index contributed by atoms with van der Waals surface area (Å²) >= 11 is 0. The van der Waals surface area contributed by atoms with Crippen LogP contribution in [0.25, 0.3) is 0 Å². The minimum atomic E-state index is -4.53. The number of para-hydroxylation sites is 1. The van der Waals surface area contributed by atoms with Gasteiger partial charge in [0.05, 0.1) is 16.1 Å². The minimum absolute atomic E-state index is 0.0413. The summed E-state index contributed by atoms with van der Waals surface area (Å²) in [4.78, 5) is 12.1. The van der Waals surface area contributed by atoms with Crippen LogP contribution in [0.1, 0.15) is 5.56 Å². The molecule has 168 valence electrons. The molecule has 0 spiro atoms. The van der Waals surface area contributed by atoms with Gasteiger partial charge in [-0.05, 0) is 48.5 Å². The van der Waals surface area contributed by atoms with Gasteiger partial charge in [0.1, 0.15) is 5.75 Å². The van der Waals surface area contributed by atoms with Crippen molar-refractivity contribution in [2.75, 3.05) is 23.3 Å². The van der Waals surface area contributed by atoms with Crippen LogP contribution in [-0.4, -0.2) is 28.0 Å². The summed E-state index contributed by atoms with van der Waals surface area (Å²) in [6.07, 6.45) is -4.53. The standard InChI is InChI=1S/C22H19F3N2O4S/c1-27(18-9-3-2-4-10-18)32(29,30)20-12-6-8-17(14-20)26-21(28)15-31-19-11-5-7-16(13-19)22(23,24)25/h2-14H,15H2,1H3,(H,26,28). The molecule has 10 heteroatoms. The number of carbonyl (C=O) groups is 1. The molecule has 3 aromatic carbocycles. The number of amides is 1. The van der Waals surface area contributed by atoms with Crippen LogP contribution in [0.4, 0.5) is 24.5 Å². The number of ether oxygens (including phenoxy) is 1. The second kappa shape index (κ2) is 9.31. The molecule has 1 N–H and O–H groups in total. The Bertz CT molecular complexity index is 1200. The molecule has 0 bridgehead atoms. The van der Waals surface area contributed by atoms with Crippen LogP contribution < -0.4 is 14.4 Å². The topological polar surface area (TPSA) is 75.7 Å². The smallest absolute Gasteiger partial charge is 0.416 e. The average Bonchev–Trinajstić information content (AvgIpc) is 2.77. The number of sulfonamides is 1. The SMILES string of the molecule is CN(c1ccccc1)S(=O)(=O)c1cccc(NC(=O)COc2cccc(C(F)(F)F)c2)c1. The number of alkyl halides is 3. The molecular weight excluding hydrogens is 445 g/mol. The maximum Gasteiger partial charge on any atom is 0.416 e. The van der Waals surface area contributed by atoms with Crippen molar-refractivity contribution >= 4 is 27.3 Å². The number of nitrogens with zero attached hydrogens (tertiary/aromatic N) is 1. The molecule has 0 saturated heterocycles. The van der Waals surface area contributed by atoms with Gasteiger partial charge in [0, 0.05) is 12.7 Å². The first kappa shape index (κ1) is 23.1. The molecule has 1 amide bonds. The Labute approximate surface area is 183 Å². The van der Waals surface area contributed by atoms with Crippen LogP contribution in [0.5, 0.6) is 5.75 Å². The van der Waals surface area contributed by atoms with Gasteiger partial charge in [-0.3, -0.25) is 9.10 Å². The lowest BCUT2D eigenvalue weighted by Gasteiger charge is -2.20. The van der Waals surface area contributed by atoms with Gasteiger partial charge >= 0.3 is 6.18 Å². The number of anilines is 2. The van der Waals surface area contributed by atoms with E-state index in [1.165, 1.54) is 43.4 Å². The molecule has 0 unspecified atom stereocenters. The van der Waals surface area contributed by atoms with Crippen LogP contribution in [0.2, 0.25) is 0 Å². The highest BCUT2D eigenvalue weighted by atomic mass is 32.2. The summed E-state index contributed by atoms with van der Waals surface area (Å²) in [5, 5.41) is 2.48. The summed E-state index contributed by atoms with van der Waals surface area (Å²) in [5.74, 6) is -0.774. The highest BCUT2D eigenvalue weighted by molar-refractivity contribution is 7.92. The van der Waals surface area contributed by atoms with Crippen molar-refractivity contribution in [3.63, 3.8) is 0 Å². The summed E-state index contributed by atoms with van der Waals surface area (Å²) < 4.78 is 70.3. The predicted molar refractivity (Wildman–Crippen MR) is 114 cm³/mol. The van der Waals surface area contributed by atoms with Crippen molar-refractivity contribution < 1.29 is 31.1 Å². The second-order valence-electron chi connectivity index (χ2n) is 6.70. The molecule has 0 aliphatic rings. The fraction of sp³-hybridized carbons (Fsp3) is 0.136. The second-order valence-corrected chi connectivity index (χ2v) is 8.67. The molecular formula is C22H19F3N2O4S. The third kappa shape index (κ3) is 5.58. The largest absolute Gasteiger partial charge is 0.484 e. The third-order valence-electron chi connectivity index (χ3n) is 4.43. The molecule has 0 aliphatic carbocycles. The van der Waals surface area contributed by atoms with Gasteiger partial charge in [-0.15, -0.1) is 0 Å². The summed E-state index contributed by atoms with van der Waals surface area (Å²) in [7, 11) is -2.46. The number of carbonyl (C=O) groups excluding carboxylic acids is 1. The maximum absolute atomic E-state index is 12.9. The Morgan fingerprint density at radius 2 is 1.66 bits per heavy atom. The van der Waals surface area contributed by atoms with Gasteiger partial charge in [0.25, 0.3) is 15.9 Å².